The molecule has 0 aromatic heterocycles. The van der Waals surface area contributed by atoms with Crippen LogP contribution < -0.4 is 5.32 Å². The van der Waals surface area contributed by atoms with Crippen LogP contribution in [0, 0.1) is 18.8 Å². The predicted molar refractivity (Wildman–Crippen MR) is 83.8 cm³/mol. The number of carbonyl (C=O) groups is 1. The van der Waals surface area contributed by atoms with Gasteiger partial charge in [-0.2, -0.15) is 0 Å². The first kappa shape index (κ1) is 15.0. The van der Waals surface area contributed by atoms with E-state index in [2.05, 4.69) is 24.1 Å². The highest BCUT2D eigenvalue weighted by Gasteiger charge is 2.21. The molecule has 0 bridgehead atoms. The van der Waals surface area contributed by atoms with Crippen LogP contribution in [0.15, 0.2) is 24.3 Å². The minimum Gasteiger partial charge on any atom is -0.326 e. The molecule has 110 valence electrons. The predicted octanol–water partition coefficient (Wildman–Crippen LogP) is 3.30. The lowest BCUT2D eigenvalue weighted by molar-refractivity contribution is -0.116. The molecule has 1 saturated heterocycles. The lowest BCUT2D eigenvalue weighted by Crippen LogP contribution is -2.40. The highest BCUT2D eigenvalue weighted by molar-refractivity contribution is 5.91. The number of benzene rings is 1. The van der Waals surface area contributed by atoms with Crippen LogP contribution in [0.2, 0.25) is 0 Å². The van der Waals surface area contributed by atoms with Gasteiger partial charge in [0.1, 0.15) is 0 Å². The van der Waals surface area contributed by atoms with E-state index in [1.54, 1.807) is 0 Å². The number of para-hydroxylation sites is 1. The summed E-state index contributed by atoms with van der Waals surface area (Å²) in [5, 5.41) is 3.01. The fourth-order valence-electron chi connectivity index (χ4n) is 3.16. The number of hydrogen-bond acceptors (Lipinski definition) is 2. The SMILES string of the molecule is Cc1ccccc1NC(=O)CCN1C[C@@H](C)C[C@H](C)C1. The molecule has 2 atom stereocenters. The zero-order valence-electron chi connectivity index (χ0n) is 12.9. The molecule has 1 aliphatic rings. The van der Waals surface area contributed by atoms with Crippen molar-refractivity contribution in [3.63, 3.8) is 0 Å². The van der Waals surface area contributed by atoms with E-state index in [9.17, 15) is 4.79 Å². The van der Waals surface area contributed by atoms with Crippen LogP contribution in [0.3, 0.4) is 0 Å². The first-order valence-electron chi connectivity index (χ1n) is 7.62. The van der Waals surface area contributed by atoms with Gasteiger partial charge in [0.15, 0.2) is 0 Å². The molecule has 2 rings (SSSR count). The number of carbonyl (C=O) groups excluding carboxylic acids is 1. The minimum absolute atomic E-state index is 0.116. The molecule has 1 N–H and O–H groups in total. The maximum atomic E-state index is 12.0. The first-order valence-corrected chi connectivity index (χ1v) is 7.62. The summed E-state index contributed by atoms with van der Waals surface area (Å²) in [4.78, 5) is 14.5. The van der Waals surface area contributed by atoms with Crippen molar-refractivity contribution in [1.29, 1.82) is 0 Å². The normalized spacial score (nSPS) is 23.6. The summed E-state index contributed by atoms with van der Waals surface area (Å²) in [5.74, 6) is 1.61. The van der Waals surface area contributed by atoms with E-state index in [1.165, 1.54) is 6.42 Å². The van der Waals surface area contributed by atoms with Crippen LogP contribution in [0.5, 0.6) is 0 Å². The molecule has 0 radical (unpaired) electrons. The second-order valence-electron chi connectivity index (χ2n) is 6.32. The lowest BCUT2D eigenvalue weighted by atomic mass is 9.92. The highest BCUT2D eigenvalue weighted by Crippen LogP contribution is 2.21. The number of anilines is 1. The molecular weight excluding hydrogens is 248 g/mol. The molecule has 0 aliphatic carbocycles. The second kappa shape index (κ2) is 6.89. The third-order valence-electron chi connectivity index (χ3n) is 4.02. The van der Waals surface area contributed by atoms with Gasteiger partial charge in [0.05, 0.1) is 0 Å². The molecule has 1 aromatic carbocycles. The van der Waals surface area contributed by atoms with Crippen molar-refractivity contribution >= 4 is 11.6 Å². The number of amides is 1. The van der Waals surface area contributed by atoms with Gasteiger partial charge in [-0.15, -0.1) is 0 Å². The van der Waals surface area contributed by atoms with Gasteiger partial charge in [-0.1, -0.05) is 32.0 Å². The van der Waals surface area contributed by atoms with Gasteiger partial charge in [-0.05, 0) is 36.8 Å². The van der Waals surface area contributed by atoms with Gasteiger partial charge < -0.3 is 10.2 Å². The number of nitrogens with zero attached hydrogens (tertiary/aromatic N) is 1. The van der Waals surface area contributed by atoms with Gasteiger partial charge in [0.25, 0.3) is 0 Å². The molecule has 0 unspecified atom stereocenters. The molecule has 1 amide bonds. The quantitative estimate of drug-likeness (QED) is 0.913. The molecule has 0 spiro atoms. The maximum Gasteiger partial charge on any atom is 0.225 e. The topological polar surface area (TPSA) is 32.3 Å². The van der Waals surface area contributed by atoms with E-state index in [4.69, 9.17) is 0 Å². The summed E-state index contributed by atoms with van der Waals surface area (Å²) in [6.45, 7) is 9.74. The van der Waals surface area contributed by atoms with Crippen molar-refractivity contribution in [2.75, 3.05) is 25.0 Å². The van der Waals surface area contributed by atoms with Gasteiger partial charge in [0, 0.05) is 31.7 Å². The van der Waals surface area contributed by atoms with E-state index in [1.807, 2.05) is 31.2 Å². The number of likely N-dealkylation sites (tertiary alicyclic amines) is 1. The average molecular weight is 274 g/mol. The average Bonchev–Trinajstić information content (AvgIpc) is 2.38. The van der Waals surface area contributed by atoms with Gasteiger partial charge in [0.2, 0.25) is 5.91 Å². The van der Waals surface area contributed by atoms with Crippen molar-refractivity contribution < 1.29 is 4.79 Å². The summed E-state index contributed by atoms with van der Waals surface area (Å²) in [6.07, 6.45) is 1.89. The third kappa shape index (κ3) is 4.34. The number of nitrogens with one attached hydrogen (secondary N) is 1. The van der Waals surface area contributed by atoms with Crippen molar-refractivity contribution in [1.82, 2.24) is 4.90 Å². The molecule has 1 fully saturated rings. The van der Waals surface area contributed by atoms with Gasteiger partial charge >= 0.3 is 0 Å². The summed E-state index contributed by atoms with van der Waals surface area (Å²) in [6, 6.07) is 7.92. The fraction of sp³-hybridized carbons (Fsp3) is 0.588. The van der Waals surface area contributed by atoms with Crippen molar-refractivity contribution in [3.05, 3.63) is 29.8 Å². The van der Waals surface area contributed by atoms with Crippen LogP contribution >= 0.6 is 0 Å². The number of hydrogen-bond donors (Lipinski definition) is 1. The number of rotatable bonds is 4. The largest absolute Gasteiger partial charge is 0.326 e. The van der Waals surface area contributed by atoms with Crippen LogP contribution in [0.1, 0.15) is 32.3 Å². The molecular formula is C17H26N2O. The number of aryl methyl sites for hydroxylation is 1. The molecule has 3 heteroatoms. The fourth-order valence-corrected chi connectivity index (χ4v) is 3.16. The summed E-state index contributed by atoms with van der Waals surface area (Å²) in [7, 11) is 0. The zero-order chi connectivity index (χ0) is 14.5. The number of piperidine rings is 1. The molecule has 0 saturated carbocycles. The van der Waals surface area contributed by atoms with Crippen LogP contribution in [0.4, 0.5) is 5.69 Å². The Morgan fingerprint density at radius 3 is 2.55 bits per heavy atom. The van der Waals surface area contributed by atoms with Gasteiger partial charge in [-0.3, -0.25) is 4.79 Å². The van der Waals surface area contributed by atoms with E-state index in [0.29, 0.717) is 6.42 Å². The van der Waals surface area contributed by atoms with Crippen molar-refractivity contribution in [3.8, 4) is 0 Å². The van der Waals surface area contributed by atoms with Crippen molar-refractivity contribution in [2.24, 2.45) is 11.8 Å². The molecule has 1 aliphatic heterocycles. The minimum atomic E-state index is 0.116. The summed E-state index contributed by atoms with van der Waals surface area (Å²) < 4.78 is 0. The molecule has 1 aromatic rings. The Morgan fingerprint density at radius 2 is 1.90 bits per heavy atom. The standard InChI is InChI=1S/C17H26N2O/c1-13-10-14(2)12-19(11-13)9-8-17(20)18-16-7-5-4-6-15(16)3/h4-7,13-14H,8-12H2,1-3H3,(H,18,20)/t13-,14-/m0/s1. The highest BCUT2D eigenvalue weighted by atomic mass is 16.1. The Hall–Kier alpha value is -1.35. The Labute approximate surface area is 122 Å². The van der Waals surface area contributed by atoms with Crippen LogP contribution in [-0.4, -0.2) is 30.4 Å². The molecule has 20 heavy (non-hydrogen) atoms. The lowest BCUT2D eigenvalue weighted by Gasteiger charge is -2.34. The molecule has 1 heterocycles. The van der Waals surface area contributed by atoms with Crippen LogP contribution in [-0.2, 0) is 4.79 Å². The van der Waals surface area contributed by atoms with E-state index in [0.717, 1.165) is 42.7 Å². The summed E-state index contributed by atoms with van der Waals surface area (Å²) >= 11 is 0. The van der Waals surface area contributed by atoms with Gasteiger partial charge in [-0.25, -0.2) is 0 Å². The monoisotopic (exact) mass is 274 g/mol. The Balaban J connectivity index is 1.79. The Bertz CT molecular complexity index is 448. The maximum absolute atomic E-state index is 12.0. The Kier molecular flexibility index (Phi) is 5.18. The third-order valence-corrected chi connectivity index (χ3v) is 4.02. The van der Waals surface area contributed by atoms with Crippen LogP contribution in [0.25, 0.3) is 0 Å². The van der Waals surface area contributed by atoms with E-state index in [-0.39, 0.29) is 5.91 Å². The van der Waals surface area contributed by atoms with Crippen molar-refractivity contribution in [2.45, 2.75) is 33.6 Å². The zero-order valence-corrected chi connectivity index (χ0v) is 12.9. The molecule has 3 nitrogen and oxygen atoms in total. The second-order valence-corrected chi connectivity index (χ2v) is 6.32. The smallest absolute Gasteiger partial charge is 0.225 e. The first-order chi connectivity index (χ1) is 9.54. The Morgan fingerprint density at radius 1 is 1.25 bits per heavy atom. The van der Waals surface area contributed by atoms with E-state index >= 15 is 0 Å². The van der Waals surface area contributed by atoms with E-state index < -0.39 is 0 Å². The summed E-state index contributed by atoms with van der Waals surface area (Å²) in [5.41, 5.74) is 2.04.